The molecule has 47 heavy (non-hydrogen) atoms. The molecule has 0 unspecified atom stereocenters. The standard InChI is InChI=1S/C38H49N5O4/c1-28(2)40-37(45)30-16-21-43(22-17-30)27-31-12-6-7-14-34(31)36(44)26-39-20-25-42-23-18-32(19-24-42)47-38(46)41-35-15-9-8-13-33(35)29-10-4-3-5-11-29/h3-15,28,30,32,39H,16-27H2,1-2H3,(H,40,45)(H,41,46). The third-order valence-electron chi connectivity index (χ3n) is 9.05. The largest absolute Gasteiger partial charge is 0.446 e. The van der Waals surface area contributed by atoms with E-state index in [0.29, 0.717) is 13.1 Å². The van der Waals surface area contributed by atoms with E-state index in [1.165, 1.54) is 0 Å². The molecule has 2 aliphatic rings. The number of benzene rings is 3. The SMILES string of the molecule is CC(C)NC(=O)C1CCN(Cc2ccccc2C(=O)CNCCN2CCC(OC(=O)Nc3ccccc3-c3ccccc3)CC2)CC1. The first kappa shape index (κ1) is 34.3. The number of anilines is 1. The lowest BCUT2D eigenvalue weighted by atomic mass is 9.94. The summed E-state index contributed by atoms with van der Waals surface area (Å²) in [5.41, 5.74) is 4.54. The van der Waals surface area contributed by atoms with E-state index in [2.05, 4.69) is 25.8 Å². The first-order valence-electron chi connectivity index (χ1n) is 17.0. The average Bonchev–Trinajstić information content (AvgIpc) is 3.08. The topological polar surface area (TPSA) is 103 Å². The molecule has 0 bridgehead atoms. The van der Waals surface area contributed by atoms with Crippen LogP contribution in [0.3, 0.4) is 0 Å². The monoisotopic (exact) mass is 639 g/mol. The van der Waals surface area contributed by atoms with Crippen molar-refractivity contribution in [3.8, 4) is 11.1 Å². The van der Waals surface area contributed by atoms with Gasteiger partial charge >= 0.3 is 6.09 Å². The number of amides is 2. The molecule has 2 saturated heterocycles. The van der Waals surface area contributed by atoms with Gasteiger partial charge in [0.05, 0.1) is 12.2 Å². The third kappa shape index (κ3) is 10.2. The molecule has 3 aromatic rings. The Morgan fingerprint density at radius 3 is 2.21 bits per heavy atom. The van der Waals surface area contributed by atoms with E-state index in [-0.39, 0.29) is 29.8 Å². The van der Waals surface area contributed by atoms with E-state index < -0.39 is 6.09 Å². The molecule has 2 amide bonds. The molecule has 3 aromatic carbocycles. The van der Waals surface area contributed by atoms with Crippen LogP contribution in [0.2, 0.25) is 0 Å². The summed E-state index contributed by atoms with van der Waals surface area (Å²) in [6.07, 6.45) is 2.70. The number of ketones is 1. The number of Topliss-reactive ketones (excluding diaryl/α,β-unsaturated/α-hetero) is 1. The van der Waals surface area contributed by atoms with E-state index in [0.717, 1.165) is 92.9 Å². The quantitative estimate of drug-likeness (QED) is 0.166. The lowest BCUT2D eigenvalue weighted by molar-refractivity contribution is -0.127. The molecule has 2 aliphatic heterocycles. The van der Waals surface area contributed by atoms with Crippen LogP contribution in [-0.4, -0.2) is 85.5 Å². The number of hydrogen-bond acceptors (Lipinski definition) is 7. The Bertz CT molecular complexity index is 1460. The highest BCUT2D eigenvalue weighted by Gasteiger charge is 2.26. The smallest absolute Gasteiger partial charge is 0.411 e. The lowest BCUT2D eigenvalue weighted by Crippen LogP contribution is -2.42. The summed E-state index contributed by atoms with van der Waals surface area (Å²) in [5.74, 6) is 0.322. The number of likely N-dealkylation sites (tertiary alicyclic amines) is 2. The van der Waals surface area contributed by atoms with Crippen molar-refractivity contribution in [1.29, 1.82) is 0 Å². The minimum Gasteiger partial charge on any atom is -0.446 e. The van der Waals surface area contributed by atoms with Gasteiger partial charge in [0.25, 0.3) is 0 Å². The van der Waals surface area contributed by atoms with Crippen LogP contribution >= 0.6 is 0 Å². The summed E-state index contributed by atoms with van der Waals surface area (Å²) in [7, 11) is 0. The van der Waals surface area contributed by atoms with E-state index >= 15 is 0 Å². The molecule has 0 spiro atoms. The molecule has 5 rings (SSSR count). The van der Waals surface area contributed by atoms with Crippen molar-refractivity contribution in [3.63, 3.8) is 0 Å². The van der Waals surface area contributed by atoms with E-state index in [1.54, 1.807) is 0 Å². The van der Waals surface area contributed by atoms with E-state index in [9.17, 15) is 14.4 Å². The average molecular weight is 640 g/mol. The zero-order chi connectivity index (χ0) is 33.0. The molecule has 3 N–H and O–H groups in total. The van der Waals surface area contributed by atoms with Crippen LogP contribution in [0, 0.1) is 5.92 Å². The van der Waals surface area contributed by atoms with Crippen LogP contribution in [0.4, 0.5) is 10.5 Å². The first-order valence-corrected chi connectivity index (χ1v) is 17.0. The Kier molecular flexibility index (Phi) is 12.5. The Morgan fingerprint density at radius 2 is 1.47 bits per heavy atom. The normalized spacial score (nSPS) is 16.6. The van der Waals surface area contributed by atoms with E-state index in [4.69, 9.17) is 4.74 Å². The Balaban J connectivity index is 0.993. The molecule has 2 heterocycles. The number of rotatable bonds is 13. The molecular weight excluding hydrogens is 590 g/mol. The Labute approximate surface area is 279 Å². The summed E-state index contributed by atoms with van der Waals surface area (Å²) in [5, 5.41) is 9.31. The van der Waals surface area contributed by atoms with Crippen molar-refractivity contribution in [3.05, 3.63) is 90.0 Å². The van der Waals surface area contributed by atoms with Crippen molar-refractivity contribution in [2.24, 2.45) is 5.92 Å². The number of para-hydroxylation sites is 1. The molecule has 9 heteroatoms. The molecule has 2 fully saturated rings. The predicted molar refractivity (Wildman–Crippen MR) is 186 cm³/mol. The summed E-state index contributed by atoms with van der Waals surface area (Å²) in [4.78, 5) is 43.0. The van der Waals surface area contributed by atoms with Gasteiger partial charge in [-0.25, -0.2) is 4.79 Å². The number of hydrogen-bond donors (Lipinski definition) is 3. The van der Waals surface area contributed by atoms with Gasteiger partial charge in [0.1, 0.15) is 6.10 Å². The number of nitrogens with one attached hydrogen (secondary N) is 3. The number of carbonyl (C=O) groups excluding carboxylic acids is 3. The second-order valence-electron chi connectivity index (χ2n) is 13.0. The number of ether oxygens (including phenoxy) is 1. The highest BCUT2D eigenvalue weighted by molar-refractivity contribution is 5.99. The molecule has 9 nitrogen and oxygen atoms in total. The van der Waals surface area contributed by atoms with Gasteiger partial charge in [0.15, 0.2) is 5.78 Å². The zero-order valence-corrected chi connectivity index (χ0v) is 27.8. The summed E-state index contributed by atoms with van der Waals surface area (Å²) in [6, 6.07) is 25.8. The number of nitrogens with zero attached hydrogens (tertiary/aromatic N) is 2. The van der Waals surface area contributed by atoms with Gasteiger partial charge in [-0.1, -0.05) is 72.8 Å². The van der Waals surface area contributed by atoms with Crippen molar-refractivity contribution in [1.82, 2.24) is 20.4 Å². The van der Waals surface area contributed by atoms with Gasteiger partial charge in [-0.15, -0.1) is 0 Å². The predicted octanol–water partition coefficient (Wildman–Crippen LogP) is 5.58. The second-order valence-corrected chi connectivity index (χ2v) is 13.0. The van der Waals surface area contributed by atoms with Crippen LogP contribution in [0.5, 0.6) is 0 Å². The van der Waals surface area contributed by atoms with Gasteiger partial charge in [-0.2, -0.15) is 0 Å². The minimum absolute atomic E-state index is 0.0703. The maximum Gasteiger partial charge on any atom is 0.411 e. The maximum absolute atomic E-state index is 13.2. The third-order valence-corrected chi connectivity index (χ3v) is 9.05. The zero-order valence-electron chi connectivity index (χ0n) is 27.8. The summed E-state index contributed by atoms with van der Waals surface area (Å²) < 4.78 is 5.78. The fourth-order valence-electron chi connectivity index (χ4n) is 6.46. The Hall–Kier alpha value is -4.05. The minimum atomic E-state index is -0.425. The fraction of sp³-hybridized carbons (Fsp3) is 0.447. The Morgan fingerprint density at radius 1 is 0.809 bits per heavy atom. The van der Waals surface area contributed by atoms with Crippen LogP contribution in [-0.2, 0) is 16.1 Å². The fourth-order valence-corrected chi connectivity index (χ4v) is 6.46. The molecule has 0 radical (unpaired) electrons. The van der Waals surface area contributed by atoms with Crippen molar-refractivity contribution in [2.75, 3.05) is 51.1 Å². The molecular formula is C38H49N5O4. The van der Waals surface area contributed by atoms with Crippen LogP contribution in [0.1, 0.15) is 55.5 Å². The summed E-state index contributed by atoms with van der Waals surface area (Å²) >= 11 is 0. The van der Waals surface area contributed by atoms with Gasteiger partial charge in [-0.3, -0.25) is 19.8 Å². The van der Waals surface area contributed by atoms with Gasteiger partial charge < -0.3 is 20.3 Å². The first-order chi connectivity index (χ1) is 22.9. The highest BCUT2D eigenvalue weighted by Crippen LogP contribution is 2.28. The van der Waals surface area contributed by atoms with Crippen molar-refractivity contribution in [2.45, 2.75) is 58.2 Å². The van der Waals surface area contributed by atoms with Crippen molar-refractivity contribution < 1.29 is 19.1 Å². The van der Waals surface area contributed by atoms with Gasteiger partial charge in [-0.05, 0) is 69.8 Å². The second kappa shape index (κ2) is 17.2. The summed E-state index contributed by atoms with van der Waals surface area (Å²) in [6.45, 7) is 9.92. The molecule has 0 saturated carbocycles. The van der Waals surface area contributed by atoms with Crippen LogP contribution in [0.25, 0.3) is 11.1 Å². The maximum atomic E-state index is 13.2. The van der Waals surface area contributed by atoms with Crippen LogP contribution in [0.15, 0.2) is 78.9 Å². The van der Waals surface area contributed by atoms with Gasteiger partial charge in [0.2, 0.25) is 5.91 Å². The molecule has 250 valence electrons. The van der Waals surface area contributed by atoms with Crippen molar-refractivity contribution >= 4 is 23.5 Å². The highest BCUT2D eigenvalue weighted by atomic mass is 16.6. The number of carbonyl (C=O) groups is 3. The lowest BCUT2D eigenvalue weighted by Gasteiger charge is -2.32. The molecule has 0 atom stereocenters. The van der Waals surface area contributed by atoms with Crippen LogP contribution < -0.4 is 16.0 Å². The number of piperidine rings is 2. The van der Waals surface area contributed by atoms with Gasteiger partial charge in [0, 0.05) is 55.8 Å². The molecule has 0 aliphatic carbocycles. The molecule has 0 aromatic heterocycles. The van der Waals surface area contributed by atoms with E-state index in [1.807, 2.05) is 92.7 Å².